The van der Waals surface area contributed by atoms with Crippen LogP contribution >= 0.6 is 0 Å². The number of anilines is 1. The number of benzene rings is 1. The minimum absolute atomic E-state index is 0.158. The predicted molar refractivity (Wildman–Crippen MR) is 69.3 cm³/mol. The van der Waals surface area contributed by atoms with Crippen LogP contribution in [0.3, 0.4) is 0 Å². The third-order valence-corrected chi connectivity index (χ3v) is 2.62. The van der Waals surface area contributed by atoms with Gasteiger partial charge in [-0.1, -0.05) is 13.8 Å². The number of aliphatic carboxylic acids is 1. The van der Waals surface area contributed by atoms with Crippen molar-refractivity contribution in [2.45, 2.75) is 19.9 Å². The van der Waals surface area contributed by atoms with E-state index in [1.54, 1.807) is 13.8 Å². The van der Waals surface area contributed by atoms with Crippen LogP contribution in [0.2, 0.25) is 0 Å². The smallest absolute Gasteiger partial charge is 0.320 e. The summed E-state index contributed by atoms with van der Waals surface area (Å²) in [6, 6.07) is 1.89. The SMILES string of the molecule is CC(C)C(NCC(=O)Nc1ccc(F)cc1F)C(=O)O. The molecule has 110 valence electrons. The van der Waals surface area contributed by atoms with Crippen molar-refractivity contribution in [3.8, 4) is 0 Å². The fourth-order valence-corrected chi connectivity index (χ4v) is 1.60. The van der Waals surface area contributed by atoms with E-state index in [4.69, 9.17) is 5.11 Å². The number of nitrogens with one attached hydrogen (secondary N) is 2. The fourth-order valence-electron chi connectivity index (χ4n) is 1.60. The number of carboxylic acids is 1. The molecule has 20 heavy (non-hydrogen) atoms. The Hall–Kier alpha value is -2.02. The molecule has 0 saturated heterocycles. The Balaban J connectivity index is 2.57. The minimum Gasteiger partial charge on any atom is -0.480 e. The van der Waals surface area contributed by atoms with E-state index < -0.39 is 29.6 Å². The van der Waals surface area contributed by atoms with Crippen LogP contribution in [0.1, 0.15) is 13.8 Å². The molecule has 1 atom stereocenters. The number of halogens is 2. The van der Waals surface area contributed by atoms with E-state index in [0.29, 0.717) is 6.07 Å². The van der Waals surface area contributed by atoms with Crippen LogP contribution in [0, 0.1) is 17.6 Å². The van der Waals surface area contributed by atoms with Gasteiger partial charge in [-0.05, 0) is 18.1 Å². The second-order valence-electron chi connectivity index (χ2n) is 4.61. The van der Waals surface area contributed by atoms with Crippen LogP contribution in [0.4, 0.5) is 14.5 Å². The second kappa shape index (κ2) is 6.95. The third kappa shape index (κ3) is 4.58. The minimum atomic E-state index is -1.07. The van der Waals surface area contributed by atoms with Crippen molar-refractivity contribution in [1.29, 1.82) is 0 Å². The molecule has 0 aliphatic heterocycles. The van der Waals surface area contributed by atoms with E-state index in [-0.39, 0.29) is 18.2 Å². The highest BCUT2D eigenvalue weighted by atomic mass is 19.1. The molecule has 1 unspecified atom stereocenters. The standard InChI is InChI=1S/C13H16F2N2O3/c1-7(2)12(13(19)20)16-6-11(18)17-10-4-3-8(14)5-9(10)15/h3-5,7,12,16H,6H2,1-2H3,(H,17,18)(H,19,20). The molecule has 0 aliphatic carbocycles. The lowest BCUT2D eigenvalue weighted by atomic mass is 10.1. The lowest BCUT2D eigenvalue weighted by Gasteiger charge is -2.17. The molecule has 5 nitrogen and oxygen atoms in total. The van der Waals surface area contributed by atoms with Gasteiger partial charge >= 0.3 is 5.97 Å². The molecule has 0 heterocycles. The summed E-state index contributed by atoms with van der Waals surface area (Å²) in [5.41, 5.74) is -0.158. The molecule has 1 aromatic rings. The first-order chi connectivity index (χ1) is 9.31. The van der Waals surface area contributed by atoms with Gasteiger partial charge in [0, 0.05) is 6.07 Å². The van der Waals surface area contributed by atoms with E-state index in [2.05, 4.69) is 10.6 Å². The Morgan fingerprint density at radius 3 is 2.45 bits per heavy atom. The number of rotatable bonds is 6. The van der Waals surface area contributed by atoms with Crippen molar-refractivity contribution in [3.05, 3.63) is 29.8 Å². The van der Waals surface area contributed by atoms with Crippen LogP contribution in [-0.4, -0.2) is 29.6 Å². The number of carbonyl (C=O) groups is 2. The quantitative estimate of drug-likeness (QED) is 0.742. The molecule has 7 heteroatoms. The van der Waals surface area contributed by atoms with E-state index in [9.17, 15) is 18.4 Å². The molecule has 0 radical (unpaired) electrons. The Labute approximate surface area is 115 Å². The topological polar surface area (TPSA) is 78.4 Å². The predicted octanol–water partition coefficient (Wildman–Crippen LogP) is 1.60. The molecule has 0 aliphatic rings. The molecule has 0 fully saturated rings. The molecular weight excluding hydrogens is 270 g/mol. The average Bonchev–Trinajstić information content (AvgIpc) is 2.32. The molecule has 1 amide bonds. The van der Waals surface area contributed by atoms with Gasteiger partial charge in [0.2, 0.25) is 5.91 Å². The highest BCUT2D eigenvalue weighted by Crippen LogP contribution is 2.14. The van der Waals surface area contributed by atoms with E-state index in [1.165, 1.54) is 0 Å². The summed E-state index contributed by atoms with van der Waals surface area (Å²) < 4.78 is 26.0. The second-order valence-corrected chi connectivity index (χ2v) is 4.61. The summed E-state index contributed by atoms with van der Waals surface area (Å²) >= 11 is 0. The summed E-state index contributed by atoms with van der Waals surface area (Å²) in [4.78, 5) is 22.5. The van der Waals surface area contributed by atoms with Gasteiger partial charge in [-0.2, -0.15) is 0 Å². The zero-order valence-electron chi connectivity index (χ0n) is 11.1. The lowest BCUT2D eigenvalue weighted by Crippen LogP contribution is -2.44. The molecule has 1 aromatic carbocycles. The summed E-state index contributed by atoms with van der Waals surface area (Å²) in [5.74, 6) is -3.52. The Bertz CT molecular complexity index is 506. The van der Waals surface area contributed by atoms with Gasteiger partial charge in [0.25, 0.3) is 0 Å². The van der Waals surface area contributed by atoms with Gasteiger partial charge in [-0.3, -0.25) is 14.9 Å². The highest BCUT2D eigenvalue weighted by molar-refractivity contribution is 5.92. The third-order valence-electron chi connectivity index (χ3n) is 2.62. The molecular formula is C13H16F2N2O3. The van der Waals surface area contributed by atoms with Crippen LogP contribution in [0.15, 0.2) is 18.2 Å². The molecule has 0 saturated carbocycles. The average molecular weight is 286 g/mol. The molecule has 0 aromatic heterocycles. The van der Waals surface area contributed by atoms with Crippen LogP contribution < -0.4 is 10.6 Å². The maximum Gasteiger partial charge on any atom is 0.320 e. The van der Waals surface area contributed by atoms with Crippen LogP contribution in [-0.2, 0) is 9.59 Å². The van der Waals surface area contributed by atoms with Crippen LogP contribution in [0.25, 0.3) is 0 Å². The van der Waals surface area contributed by atoms with Crippen molar-refractivity contribution >= 4 is 17.6 Å². The Morgan fingerprint density at radius 2 is 1.95 bits per heavy atom. The molecule has 3 N–H and O–H groups in total. The summed E-state index contributed by atoms with van der Waals surface area (Å²) in [6.07, 6.45) is 0. The molecule has 0 spiro atoms. The summed E-state index contributed by atoms with van der Waals surface area (Å²) in [6.45, 7) is 3.11. The maximum atomic E-state index is 13.3. The Kier molecular flexibility index (Phi) is 5.57. The zero-order valence-corrected chi connectivity index (χ0v) is 11.1. The largest absolute Gasteiger partial charge is 0.480 e. The van der Waals surface area contributed by atoms with Crippen LogP contribution in [0.5, 0.6) is 0 Å². The van der Waals surface area contributed by atoms with Gasteiger partial charge in [0.1, 0.15) is 17.7 Å². The van der Waals surface area contributed by atoms with Gasteiger partial charge in [0.05, 0.1) is 12.2 Å². The monoisotopic (exact) mass is 286 g/mol. The van der Waals surface area contributed by atoms with E-state index in [1.807, 2.05) is 0 Å². The maximum absolute atomic E-state index is 13.3. The van der Waals surface area contributed by atoms with Gasteiger partial charge < -0.3 is 10.4 Å². The summed E-state index contributed by atoms with van der Waals surface area (Å²) in [5, 5.41) is 13.7. The van der Waals surface area contributed by atoms with E-state index in [0.717, 1.165) is 12.1 Å². The number of carbonyl (C=O) groups excluding carboxylic acids is 1. The number of amides is 1. The number of hydrogen-bond acceptors (Lipinski definition) is 3. The fraction of sp³-hybridized carbons (Fsp3) is 0.385. The lowest BCUT2D eigenvalue weighted by molar-refractivity contribution is -0.140. The van der Waals surface area contributed by atoms with Crippen molar-refractivity contribution in [2.24, 2.45) is 5.92 Å². The van der Waals surface area contributed by atoms with Crippen molar-refractivity contribution < 1.29 is 23.5 Å². The van der Waals surface area contributed by atoms with Gasteiger partial charge in [-0.15, -0.1) is 0 Å². The molecule has 0 bridgehead atoms. The first-order valence-corrected chi connectivity index (χ1v) is 6.02. The van der Waals surface area contributed by atoms with Gasteiger partial charge in [0.15, 0.2) is 0 Å². The normalized spacial score (nSPS) is 12.2. The van der Waals surface area contributed by atoms with E-state index >= 15 is 0 Å². The first-order valence-electron chi connectivity index (χ1n) is 6.02. The van der Waals surface area contributed by atoms with Crippen molar-refractivity contribution in [3.63, 3.8) is 0 Å². The van der Waals surface area contributed by atoms with Crippen molar-refractivity contribution in [2.75, 3.05) is 11.9 Å². The number of carboxylic acid groups (broad SMARTS) is 1. The summed E-state index contributed by atoms with van der Waals surface area (Å²) in [7, 11) is 0. The zero-order chi connectivity index (χ0) is 15.3. The highest BCUT2D eigenvalue weighted by Gasteiger charge is 2.21. The number of hydrogen-bond donors (Lipinski definition) is 3. The molecule has 1 rings (SSSR count). The van der Waals surface area contributed by atoms with Gasteiger partial charge in [-0.25, -0.2) is 8.78 Å². The first kappa shape index (κ1) is 16.0. The Morgan fingerprint density at radius 1 is 1.30 bits per heavy atom. The van der Waals surface area contributed by atoms with Crippen molar-refractivity contribution in [1.82, 2.24) is 5.32 Å².